The summed E-state index contributed by atoms with van der Waals surface area (Å²) in [6.45, 7) is 10.4. The fourth-order valence-corrected chi connectivity index (χ4v) is 7.49. The van der Waals surface area contributed by atoms with Crippen LogP contribution in [0.4, 0.5) is 11.5 Å². The fourth-order valence-electron chi connectivity index (χ4n) is 7.49. The number of fused-ring (bicyclic) bond motifs is 2. The Kier molecular flexibility index (Phi) is 8.34. The highest BCUT2D eigenvalue weighted by Crippen LogP contribution is 2.38. The molecule has 0 bridgehead atoms. The number of hydrogen-bond donors (Lipinski definition) is 0. The van der Waals surface area contributed by atoms with E-state index in [-0.39, 0.29) is 18.4 Å². The molecule has 0 N–H and O–H groups in total. The largest absolute Gasteiger partial charge is 0.462 e. The molecule has 2 aromatic rings. The van der Waals surface area contributed by atoms with Crippen LogP contribution in [-0.4, -0.2) is 90.2 Å². The number of benzene rings is 1. The maximum absolute atomic E-state index is 12.5. The first-order chi connectivity index (χ1) is 20.5. The Morgan fingerprint density at radius 2 is 2.02 bits per heavy atom. The number of aromatic nitrogens is 2. The molecule has 0 spiro atoms. The lowest BCUT2D eigenvalue weighted by Crippen LogP contribution is -2.55. The molecule has 3 atom stereocenters. The number of aryl methyl sites for hydroxylation is 2. The van der Waals surface area contributed by atoms with Crippen molar-refractivity contribution in [2.75, 3.05) is 56.2 Å². The highest BCUT2D eigenvalue weighted by atomic mass is 16.5. The van der Waals surface area contributed by atoms with E-state index >= 15 is 0 Å². The SMILES string of the molecule is C=CC(=O)N1CCN(c2nc(OCC3CCCN3C)nc3c2CCC(N2CCCc4cccc(C)c42)C3)CC1CC#N. The van der Waals surface area contributed by atoms with Gasteiger partial charge in [-0.15, -0.1) is 0 Å². The molecule has 222 valence electrons. The molecule has 0 radical (unpaired) electrons. The number of likely N-dealkylation sites (N-methyl/N-ethyl adjacent to an activating group) is 1. The van der Waals surface area contributed by atoms with Gasteiger partial charge in [0.05, 0.1) is 24.2 Å². The summed E-state index contributed by atoms with van der Waals surface area (Å²) in [5.41, 5.74) is 6.48. The molecular formula is C33H43N7O2. The van der Waals surface area contributed by atoms with Gasteiger partial charge in [0.1, 0.15) is 12.4 Å². The van der Waals surface area contributed by atoms with Crippen molar-refractivity contribution in [3.05, 3.63) is 53.2 Å². The van der Waals surface area contributed by atoms with Crippen LogP contribution in [0, 0.1) is 18.3 Å². The maximum Gasteiger partial charge on any atom is 0.318 e. The van der Waals surface area contributed by atoms with Crippen molar-refractivity contribution in [1.82, 2.24) is 19.8 Å². The Labute approximate surface area is 249 Å². The highest BCUT2D eigenvalue weighted by molar-refractivity contribution is 5.87. The van der Waals surface area contributed by atoms with E-state index in [0.29, 0.717) is 44.3 Å². The number of anilines is 2. The van der Waals surface area contributed by atoms with Crippen LogP contribution in [0.5, 0.6) is 6.01 Å². The van der Waals surface area contributed by atoms with Gasteiger partial charge in [-0.25, -0.2) is 0 Å². The van der Waals surface area contributed by atoms with Crippen LogP contribution in [0.3, 0.4) is 0 Å². The van der Waals surface area contributed by atoms with Gasteiger partial charge in [0, 0.05) is 55.9 Å². The monoisotopic (exact) mass is 569 g/mol. The summed E-state index contributed by atoms with van der Waals surface area (Å²) < 4.78 is 6.33. The number of carbonyl (C=O) groups excluding carboxylic acids is 1. The van der Waals surface area contributed by atoms with Gasteiger partial charge in [0.25, 0.3) is 0 Å². The Morgan fingerprint density at radius 1 is 1.14 bits per heavy atom. The van der Waals surface area contributed by atoms with Crippen molar-refractivity contribution in [3.63, 3.8) is 0 Å². The molecule has 2 fully saturated rings. The lowest BCUT2D eigenvalue weighted by Gasteiger charge is -2.43. The lowest BCUT2D eigenvalue weighted by atomic mass is 9.88. The second kappa shape index (κ2) is 12.3. The number of ether oxygens (including phenoxy) is 1. The first-order valence-corrected chi connectivity index (χ1v) is 15.6. The minimum Gasteiger partial charge on any atom is -0.462 e. The quantitative estimate of drug-likeness (QED) is 0.467. The van der Waals surface area contributed by atoms with Gasteiger partial charge in [-0.2, -0.15) is 15.2 Å². The zero-order valence-electron chi connectivity index (χ0n) is 25.1. The second-order valence-corrected chi connectivity index (χ2v) is 12.3. The van der Waals surface area contributed by atoms with E-state index in [2.05, 4.69) is 59.5 Å². The van der Waals surface area contributed by atoms with Crippen LogP contribution < -0.4 is 14.5 Å². The van der Waals surface area contributed by atoms with Gasteiger partial charge in [-0.05, 0) is 76.2 Å². The lowest BCUT2D eigenvalue weighted by molar-refractivity contribution is -0.128. The number of hydrogen-bond acceptors (Lipinski definition) is 8. The van der Waals surface area contributed by atoms with Crippen LogP contribution in [0.2, 0.25) is 0 Å². The first-order valence-electron chi connectivity index (χ1n) is 15.6. The Morgan fingerprint density at radius 3 is 2.81 bits per heavy atom. The van der Waals surface area contributed by atoms with Crippen LogP contribution >= 0.6 is 0 Å². The predicted octanol–water partition coefficient (Wildman–Crippen LogP) is 3.69. The summed E-state index contributed by atoms with van der Waals surface area (Å²) in [5.74, 6) is 0.793. The number of amides is 1. The number of carbonyl (C=O) groups is 1. The summed E-state index contributed by atoms with van der Waals surface area (Å²) in [5, 5.41) is 9.53. The molecule has 9 nitrogen and oxygen atoms in total. The Hall–Kier alpha value is -3.64. The second-order valence-electron chi connectivity index (χ2n) is 12.3. The molecule has 1 aliphatic carbocycles. The summed E-state index contributed by atoms with van der Waals surface area (Å²) in [4.78, 5) is 31.6. The smallest absolute Gasteiger partial charge is 0.318 e. The van der Waals surface area contributed by atoms with Crippen LogP contribution in [-0.2, 0) is 24.1 Å². The van der Waals surface area contributed by atoms with Gasteiger partial charge < -0.3 is 24.3 Å². The van der Waals surface area contributed by atoms with Crippen molar-refractivity contribution >= 4 is 17.4 Å². The van der Waals surface area contributed by atoms with Gasteiger partial charge in [0.15, 0.2) is 0 Å². The molecule has 9 heteroatoms. The minimum absolute atomic E-state index is 0.121. The Balaban J connectivity index is 1.31. The van der Waals surface area contributed by atoms with E-state index in [4.69, 9.17) is 14.7 Å². The van der Waals surface area contributed by atoms with Gasteiger partial charge in [-0.1, -0.05) is 24.8 Å². The van der Waals surface area contributed by atoms with Crippen molar-refractivity contribution in [1.29, 1.82) is 5.26 Å². The molecule has 2 saturated heterocycles. The number of rotatable bonds is 7. The molecule has 3 aliphatic heterocycles. The third-order valence-corrected chi connectivity index (χ3v) is 9.74. The van der Waals surface area contributed by atoms with Crippen molar-refractivity contribution < 1.29 is 9.53 Å². The zero-order valence-corrected chi connectivity index (χ0v) is 25.1. The van der Waals surface area contributed by atoms with E-state index in [1.807, 2.05) is 0 Å². The molecule has 4 heterocycles. The number of nitrogens with zero attached hydrogens (tertiary/aromatic N) is 7. The average Bonchev–Trinajstić information content (AvgIpc) is 3.43. The molecule has 0 saturated carbocycles. The zero-order chi connectivity index (χ0) is 29.2. The topological polar surface area (TPSA) is 88.8 Å². The summed E-state index contributed by atoms with van der Waals surface area (Å²) >= 11 is 0. The van der Waals surface area contributed by atoms with E-state index in [9.17, 15) is 10.1 Å². The third-order valence-electron chi connectivity index (χ3n) is 9.74. The number of likely N-dealkylation sites (tertiary alicyclic amines) is 1. The number of piperazine rings is 1. The molecule has 42 heavy (non-hydrogen) atoms. The average molecular weight is 570 g/mol. The summed E-state index contributed by atoms with van der Waals surface area (Å²) in [6, 6.07) is 9.97. The number of para-hydroxylation sites is 1. The van der Waals surface area contributed by atoms with Crippen molar-refractivity contribution in [2.45, 2.75) is 76.4 Å². The van der Waals surface area contributed by atoms with Gasteiger partial charge in [0.2, 0.25) is 5.91 Å². The molecule has 1 aromatic carbocycles. The third kappa shape index (κ3) is 5.57. The molecule has 1 amide bonds. The van der Waals surface area contributed by atoms with E-state index in [1.54, 1.807) is 4.90 Å². The molecule has 3 unspecified atom stereocenters. The fraction of sp³-hybridized carbons (Fsp3) is 0.576. The first kappa shape index (κ1) is 28.5. The minimum atomic E-state index is -0.208. The number of nitriles is 1. The van der Waals surface area contributed by atoms with Crippen molar-refractivity contribution in [3.8, 4) is 12.1 Å². The van der Waals surface area contributed by atoms with E-state index < -0.39 is 0 Å². The van der Waals surface area contributed by atoms with Gasteiger partial charge >= 0.3 is 6.01 Å². The van der Waals surface area contributed by atoms with Crippen LogP contribution in [0.1, 0.15) is 54.5 Å². The maximum atomic E-state index is 12.5. The van der Waals surface area contributed by atoms with Crippen LogP contribution in [0.25, 0.3) is 0 Å². The predicted molar refractivity (Wildman–Crippen MR) is 164 cm³/mol. The molecular weight excluding hydrogens is 526 g/mol. The van der Waals surface area contributed by atoms with Crippen LogP contribution in [0.15, 0.2) is 30.9 Å². The van der Waals surface area contributed by atoms with Gasteiger partial charge in [-0.3, -0.25) is 4.79 Å². The highest BCUT2D eigenvalue weighted by Gasteiger charge is 2.35. The summed E-state index contributed by atoms with van der Waals surface area (Å²) in [7, 11) is 2.16. The molecule has 4 aliphatic rings. The van der Waals surface area contributed by atoms with Crippen molar-refractivity contribution in [2.24, 2.45) is 0 Å². The Bertz CT molecular complexity index is 1370. The van der Waals surface area contributed by atoms with E-state index in [1.165, 1.54) is 41.3 Å². The standard InChI is InChI=1S/C33H43N7O2/c1-4-30(41)39-19-18-38(21-26(39)14-15-34)32-28-13-12-25(40-17-6-10-24-9-5-8-23(2)31(24)40)20-29(28)35-33(36-32)42-22-27-11-7-16-37(27)3/h4-5,8-9,25-27H,1,6-7,10-14,16-22H2,2-3H3. The molecule has 1 aromatic heterocycles. The van der Waals surface area contributed by atoms with E-state index in [0.717, 1.165) is 56.7 Å². The molecule has 6 rings (SSSR count). The normalized spacial score (nSPS) is 24.1. The summed E-state index contributed by atoms with van der Waals surface area (Å²) in [6.07, 6.45) is 9.04.